The van der Waals surface area contributed by atoms with Crippen LogP contribution in [0.2, 0.25) is 0 Å². The first-order valence-electron chi connectivity index (χ1n) is 7.86. The van der Waals surface area contributed by atoms with E-state index >= 15 is 0 Å². The Balaban J connectivity index is 1.62. The molecule has 1 aromatic carbocycles. The molecular weight excluding hydrogens is 439 g/mol. The Labute approximate surface area is 171 Å². The second-order valence-corrected chi connectivity index (χ2v) is 11.8. The van der Waals surface area contributed by atoms with Crippen LogP contribution in [-0.4, -0.2) is 51.4 Å². The summed E-state index contributed by atoms with van der Waals surface area (Å²) in [4.78, 5) is 6.58. The summed E-state index contributed by atoms with van der Waals surface area (Å²) in [5, 5.41) is 0.776. The third-order valence-corrected chi connectivity index (χ3v) is 8.28. The zero-order valence-electron chi connectivity index (χ0n) is 13.9. The third kappa shape index (κ3) is 4.43. The number of piperazine rings is 1. The molecule has 0 unspecified atom stereocenters. The average Bonchev–Trinajstić information content (AvgIpc) is 3.04. The zero-order valence-corrected chi connectivity index (χ0v) is 17.8. The summed E-state index contributed by atoms with van der Waals surface area (Å²) in [7, 11) is -3.97. The highest BCUT2D eigenvalue weighted by molar-refractivity contribution is 7.95. The van der Waals surface area contributed by atoms with Crippen molar-refractivity contribution >= 4 is 61.5 Å². The number of hydrogen-bond donors (Lipinski definition) is 0. The van der Waals surface area contributed by atoms with Crippen molar-refractivity contribution in [1.82, 2.24) is 13.7 Å². The van der Waals surface area contributed by atoms with Crippen molar-refractivity contribution in [2.45, 2.75) is 16.5 Å². The van der Waals surface area contributed by atoms with Crippen LogP contribution in [0, 0.1) is 6.92 Å². The van der Waals surface area contributed by atoms with E-state index in [-0.39, 0.29) is 13.1 Å². The molecule has 0 radical (unpaired) electrons. The lowest BCUT2D eigenvalue weighted by Crippen LogP contribution is -2.51. The molecule has 11 heteroatoms. The molecule has 2 heterocycles. The maximum Gasteiger partial charge on any atom is 0.306 e. The van der Waals surface area contributed by atoms with Gasteiger partial charge in [0.25, 0.3) is 10.0 Å². The number of halogens is 3. The fourth-order valence-electron chi connectivity index (χ4n) is 2.60. The van der Waals surface area contributed by atoms with Gasteiger partial charge in [-0.25, -0.2) is 13.4 Å². The molecule has 142 valence electrons. The van der Waals surface area contributed by atoms with Gasteiger partial charge in [0.2, 0.25) is 5.13 Å². The van der Waals surface area contributed by atoms with Gasteiger partial charge in [0.1, 0.15) is 5.82 Å². The van der Waals surface area contributed by atoms with E-state index in [0.717, 1.165) is 16.5 Å². The molecule has 1 aliphatic heterocycles. The van der Waals surface area contributed by atoms with E-state index in [1.807, 2.05) is 11.8 Å². The lowest BCUT2D eigenvalue weighted by Gasteiger charge is -2.34. The summed E-state index contributed by atoms with van der Waals surface area (Å²) in [6.45, 7) is 3.47. The first kappa shape index (κ1) is 20.1. The summed E-state index contributed by atoms with van der Waals surface area (Å²) in [5.41, 5.74) is 2.36. The van der Waals surface area contributed by atoms with E-state index < -0.39 is 13.1 Å². The molecule has 3 rings (SSSR count). The number of anilines is 1. The topological polar surface area (TPSA) is 66.4 Å². The van der Waals surface area contributed by atoms with Gasteiger partial charge in [-0.15, -0.1) is 0 Å². The molecule has 1 aliphatic rings. The van der Waals surface area contributed by atoms with Gasteiger partial charge in [-0.05, 0) is 12.5 Å². The lowest BCUT2D eigenvalue weighted by molar-refractivity contribution is 0.384. The summed E-state index contributed by atoms with van der Waals surface area (Å²) in [5.74, 6) is 0.755. The van der Waals surface area contributed by atoms with E-state index in [4.69, 9.17) is 34.8 Å². The highest BCUT2D eigenvalue weighted by Crippen LogP contribution is 2.36. The maximum atomic E-state index is 12.2. The van der Waals surface area contributed by atoms with Crippen LogP contribution in [0.25, 0.3) is 0 Å². The molecule has 2 aromatic rings. The van der Waals surface area contributed by atoms with E-state index in [1.54, 1.807) is 0 Å². The standard InChI is InChI=1S/C15H17Cl3N4O2S2/c1-11-2-4-12(5-3-11)10-13-19-14(25-20-13)21-6-8-22(9-7-21)26(23,24)15(16,17)18/h2-5H,6-10H2,1H3. The number of rotatable bonds is 4. The number of aryl methyl sites for hydroxylation is 1. The Morgan fingerprint density at radius 3 is 2.31 bits per heavy atom. The minimum Gasteiger partial charge on any atom is -0.344 e. The fraction of sp³-hybridized carbons (Fsp3) is 0.467. The second-order valence-electron chi connectivity index (χ2n) is 5.99. The molecule has 0 bridgehead atoms. The summed E-state index contributed by atoms with van der Waals surface area (Å²) < 4.78 is 27.6. The predicted molar refractivity (Wildman–Crippen MR) is 107 cm³/mol. The van der Waals surface area contributed by atoms with Crippen molar-refractivity contribution in [2.24, 2.45) is 0 Å². The van der Waals surface area contributed by atoms with Crippen LogP contribution in [-0.2, 0) is 16.4 Å². The predicted octanol–water partition coefficient (Wildman–Crippen LogP) is 3.22. The number of sulfonamides is 1. The molecule has 0 N–H and O–H groups in total. The first-order chi connectivity index (χ1) is 12.2. The Kier molecular flexibility index (Phi) is 6.01. The molecule has 1 fully saturated rings. The van der Waals surface area contributed by atoms with E-state index in [9.17, 15) is 8.42 Å². The smallest absolute Gasteiger partial charge is 0.306 e. The molecular formula is C15H17Cl3N4O2S2. The lowest BCUT2D eigenvalue weighted by atomic mass is 10.1. The van der Waals surface area contributed by atoms with E-state index in [0.29, 0.717) is 19.5 Å². The van der Waals surface area contributed by atoms with Crippen LogP contribution in [0.15, 0.2) is 24.3 Å². The molecule has 0 saturated carbocycles. The van der Waals surface area contributed by atoms with E-state index in [2.05, 4.69) is 33.6 Å². The van der Waals surface area contributed by atoms with Gasteiger partial charge in [-0.2, -0.15) is 8.68 Å². The highest BCUT2D eigenvalue weighted by atomic mass is 35.6. The SMILES string of the molecule is Cc1ccc(Cc2nsc(N3CCN(S(=O)(=O)C(Cl)(Cl)Cl)CC3)n2)cc1. The highest BCUT2D eigenvalue weighted by Gasteiger charge is 2.43. The molecule has 0 amide bonds. The van der Waals surface area contributed by atoms with Gasteiger partial charge in [-0.3, -0.25) is 0 Å². The monoisotopic (exact) mass is 454 g/mol. The summed E-state index contributed by atoms with van der Waals surface area (Å²) in [6, 6.07) is 8.26. The Morgan fingerprint density at radius 2 is 1.73 bits per heavy atom. The van der Waals surface area contributed by atoms with Crippen molar-refractivity contribution < 1.29 is 8.42 Å². The van der Waals surface area contributed by atoms with Crippen molar-refractivity contribution in [1.29, 1.82) is 0 Å². The van der Waals surface area contributed by atoms with Crippen LogP contribution in [0.1, 0.15) is 17.0 Å². The number of alkyl halides is 3. The Bertz CT molecular complexity index is 858. The number of nitrogens with zero attached hydrogens (tertiary/aromatic N) is 4. The fourth-order valence-corrected chi connectivity index (χ4v) is 5.15. The van der Waals surface area contributed by atoms with Gasteiger partial charge >= 0.3 is 3.12 Å². The molecule has 26 heavy (non-hydrogen) atoms. The molecule has 1 saturated heterocycles. The molecule has 1 aromatic heterocycles. The molecule has 0 aliphatic carbocycles. The number of aromatic nitrogens is 2. The Morgan fingerprint density at radius 1 is 1.12 bits per heavy atom. The van der Waals surface area contributed by atoms with Gasteiger partial charge < -0.3 is 4.90 Å². The summed E-state index contributed by atoms with van der Waals surface area (Å²) >= 11 is 18.0. The van der Waals surface area contributed by atoms with Gasteiger partial charge in [0.05, 0.1) is 0 Å². The third-order valence-electron chi connectivity index (χ3n) is 4.08. The van der Waals surface area contributed by atoms with Crippen LogP contribution in [0.5, 0.6) is 0 Å². The first-order valence-corrected chi connectivity index (χ1v) is 11.2. The average molecular weight is 456 g/mol. The minimum atomic E-state index is -3.97. The zero-order chi connectivity index (χ0) is 18.9. The van der Waals surface area contributed by atoms with Crippen LogP contribution in [0.4, 0.5) is 5.13 Å². The quantitative estimate of drug-likeness (QED) is 0.662. The maximum absolute atomic E-state index is 12.2. The van der Waals surface area contributed by atoms with Gasteiger partial charge in [0, 0.05) is 44.1 Å². The Hall–Kier alpha value is -0.640. The van der Waals surface area contributed by atoms with Crippen molar-refractivity contribution in [3.05, 3.63) is 41.2 Å². The second kappa shape index (κ2) is 7.77. The largest absolute Gasteiger partial charge is 0.344 e. The normalized spacial score (nSPS) is 16.8. The van der Waals surface area contributed by atoms with Crippen LogP contribution < -0.4 is 4.90 Å². The minimum absolute atomic E-state index is 0.239. The van der Waals surface area contributed by atoms with Crippen molar-refractivity contribution in [2.75, 3.05) is 31.1 Å². The molecule has 0 atom stereocenters. The van der Waals surface area contributed by atoms with Crippen molar-refractivity contribution in [3.8, 4) is 0 Å². The van der Waals surface area contributed by atoms with Gasteiger partial charge in [-0.1, -0.05) is 64.6 Å². The number of benzene rings is 1. The van der Waals surface area contributed by atoms with E-state index in [1.165, 1.54) is 21.4 Å². The van der Waals surface area contributed by atoms with Crippen LogP contribution in [0.3, 0.4) is 0 Å². The van der Waals surface area contributed by atoms with Crippen molar-refractivity contribution in [3.63, 3.8) is 0 Å². The molecule has 6 nitrogen and oxygen atoms in total. The molecule has 0 spiro atoms. The van der Waals surface area contributed by atoms with Gasteiger partial charge in [0.15, 0.2) is 0 Å². The van der Waals surface area contributed by atoms with Crippen LogP contribution >= 0.6 is 46.3 Å². The number of hydrogen-bond acceptors (Lipinski definition) is 6. The summed E-state index contributed by atoms with van der Waals surface area (Å²) in [6.07, 6.45) is 0.665.